The zero-order valence-electron chi connectivity index (χ0n) is 10.7. The minimum Gasteiger partial charge on any atom is -0.618 e. The third-order valence-corrected chi connectivity index (χ3v) is 4.12. The molecule has 21 heavy (non-hydrogen) atoms. The van der Waals surface area contributed by atoms with Gasteiger partial charge in [-0.2, -0.15) is 9.46 Å². The van der Waals surface area contributed by atoms with Crippen LogP contribution in [0.1, 0.15) is 0 Å². The molecule has 7 nitrogen and oxygen atoms in total. The first-order chi connectivity index (χ1) is 9.50. The number of pyridine rings is 2. The number of hydrogen-bond donors (Lipinski definition) is 0. The molecule has 2 heterocycles. The van der Waals surface area contributed by atoms with Crippen molar-refractivity contribution in [1.29, 1.82) is 0 Å². The summed E-state index contributed by atoms with van der Waals surface area (Å²) in [5, 5.41) is 23.8. The van der Waals surface area contributed by atoms with Crippen LogP contribution in [0.4, 0.5) is 0 Å². The summed E-state index contributed by atoms with van der Waals surface area (Å²) in [5.41, 5.74) is 0. The van der Waals surface area contributed by atoms with Crippen molar-refractivity contribution in [3.05, 3.63) is 59.2 Å². The fraction of sp³-hybridized carbons (Fsp3) is 0. The summed E-state index contributed by atoms with van der Waals surface area (Å²) in [5.74, 6) is 0. The van der Waals surface area contributed by atoms with Crippen LogP contribution < -0.4 is 42.3 Å². The van der Waals surface area contributed by atoms with Crippen molar-refractivity contribution in [1.82, 2.24) is 0 Å². The molecule has 11 heteroatoms. The summed E-state index contributed by atoms with van der Waals surface area (Å²) in [7, 11) is -0.331. The van der Waals surface area contributed by atoms with E-state index < -0.39 is 10.8 Å². The summed E-state index contributed by atoms with van der Waals surface area (Å²) in [4.78, 5) is 0. The van der Waals surface area contributed by atoms with Crippen molar-refractivity contribution in [2.75, 3.05) is 0 Å². The molecule has 0 N–H and O–H groups in total. The van der Waals surface area contributed by atoms with E-state index in [0.717, 1.165) is 9.46 Å². The van der Waals surface area contributed by atoms with E-state index in [0.29, 0.717) is 10.1 Å². The number of hydrogen-bond acceptors (Lipinski definition) is 7. The summed E-state index contributed by atoms with van der Waals surface area (Å²) >= 11 is 0. The van der Waals surface area contributed by atoms with E-state index in [2.05, 4.69) is 0 Å². The van der Waals surface area contributed by atoms with Crippen molar-refractivity contribution >= 4 is 21.6 Å². The Morgan fingerprint density at radius 2 is 1.10 bits per heavy atom. The third-order valence-electron chi connectivity index (χ3n) is 1.79. The molecule has 0 saturated carbocycles. The molecule has 0 bridgehead atoms. The number of aromatic nitrogens is 2. The maximum atomic E-state index is 11.3. The van der Waals surface area contributed by atoms with E-state index in [1.165, 1.54) is 34.0 Å². The predicted octanol–water partition coefficient (Wildman–Crippen LogP) is -4.81. The van der Waals surface area contributed by atoms with E-state index in [9.17, 15) is 10.4 Å². The summed E-state index contributed by atoms with van der Waals surface area (Å²) in [6.45, 7) is 0. The normalized spacial score (nSPS) is 9.52. The van der Waals surface area contributed by atoms with Gasteiger partial charge in [0.25, 0.3) is 10.1 Å². The Balaban J connectivity index is 0.000000715. The van der Waals surface area contributed by atoms with Crippen LogP contribution >= 0.6 is 21.6 Å². The fourth-order valence-electron chi connectivity index (χ4n) is 1.04. The smallest absolute Gasteiger partial charge is 0.618 e. The largest absolute Gasteiger partial charge is 1.00 e. The fourth-order valence-corrected chi connectivity index (χ4v) is 3.03. The molecule has 0 atom stereocenters. The summed E-state index contributed by atoms with van der Waals surface area (Å²) < 4.78 is 26.8. The quantitative estimate of drug-likeness (QED) is 0.237. The first-order valence-corrected chi connectivity index (χ1v) is 8.02. The summed E-state index contributed by atoms with van der Waals surface area (Å²) in [6.07, 6.45) is 2.86. The van der Waals surface area contributed by atoms with Crippen LogP contribution in [0.2, 0.25) is 0 Å². The van der Waals surface area contributed by atoms with Crippen molar-refractivity contribution in [3.8, 4) is 0 Å². The Kier molecular flexibility index (Phi) is 10.7. The van der Waals surface area contributed by atoms with Gasteiger partial charge in [-0.1, -0.05) is 0 Å². The van der Waals surface area contributed by atoms with Gasteiger partial charge in [0, 0.05) is 45.9 Å². The number of halogens is 1. The molecule has 2 rings (SSSR count). The van der Waals surface area contributed by atoms with E-state index in [1.807, 2.05) is 0 Å². The number of nitrogens with zero attached hydrogens (tertiary/aromatic N) is 2. The van der Waals surface area contributed by atoms with Crippen LogP contribution in [0.3, 0.4) is 0 Å². The van der Waals surface area contributed by atoms with Gasteiger partial charge in [-0.05, 0) is 12.1 Å². The van der Waals surface area contributed by atoms with Gasteiger partial charge in [-0.25, -0.2) is 0 Å². The van der Waals surface area contributed by atoms with Gasteiger partial charge in [0.1, 0.15) is 0 Å². The molecule has 2 aromatic rings. The second kappa shape index (κ2) is 11.0. The average molecular weight is 343 g/mol. The van der Waals surface area contributed by atoms with Crippen molar-refractivity contribution in [3.63, 3.8) is 0 Å². The van der Waals surface area contributed by atoms with Crippen LogP contribution in [-0.4, -0.2) is 0 Å². The first-order valence-electron chi connectivity index (χ1n) is 4.94. The van der Waals surface area contributed by atoms with E-state index in [-0.39, 0.29) is 18.9 Å². The molecule has 0 aliphatic heterocycles. The van der Waals surface area contributed by atoms with Crippen molar-refractivity contribution in [2.45, 2.75) is 10.1 Å². The van der Waals surface area contributed by atoms with Crippen LogP contribution in [0.15, 0.2) is 58.8 Å². The predicted molar refractivity (Wildman–Crippen MR) is 62.5 cm³/mol. The maximum absolute atomic E-state index is 11.3. The van der Waals surface area contributed by atoms with Crippen molar-refractivity contribution < 1.29 is 53.1 Å². The molecule has 2 aromatic heterocycles. The van der Waals surface area contributed by atoms with Gasteiger partial charge in [0.15, 0.2) is 12.4 Å². The van der Waals surface area contributed by atoms with Gasteiger partial charge < -0.3 is 24.4 Å². The van der Waals surface area contributed by atoms with Gasteiger partial charge >= 0.3 is 18.9 Å². The molecule has 0 unspecified atom stereocenters. The third kappa shape index (κ3) is 8.40. The second-order valence-corrected chi connectivity index (χ2v) is 5.63. The molecule has 0 amide bonds. The van der Waals surface area contributed by atoms with E-state index >= 15 is 0 Å². The zero-order chi connectivity index (χ0) is 15.0. The Hall–Kier alpha value is -0.633. The standard InChI is InChI=1S/C10H8N2O2S2.ClO3.Li/c13-11-7-3-1-5-9(11)15-16-10-6-2-4-8-12(10)14;2-1(3)4;/h1-8H;;/q;-1;+1. The molecule has 0 spiro atoms. The Labute approximate surface area is 143 Å². The molecule has 0 radical (unpaired) electrons. The van der Waals surface area contributed by atoms with Gasteiger partial charge in [-0.15, -0.1) is 0 Å². The van der Waals surface area contributed by atoms with Crippen LogP contribution in [0.5, 0.6) is 0 Å². The SMILES string of the molecule is [Li+].[O-][Cl+2]([O-])[O-].[O-][n+]1ccccc1SSc1cccc[n+]1[O-]. The molecular formula is C10H8ClLiN2O5S2. The topological polar surface area (TPSA) is 123 Å². The van der Waals surface area contributed by atoms with E-state index in [4.69, 9.17) is 14.0 Å². The molecule has 0 aliphatic rings. The molecule has 108 valence electrons. The minimum absolute atomic E-state index is 0. The Morgan fingerprint density at radius 3 is 1.38 bits per heavy atom. The number of rotatable bonds is 3. The Bertz CT molecular complexity index is 504. The molecule has 0 aliphatic carbocycles. The molecule has 0 aromatic carbocycles. The summed E-state index contributed by atoms with van der Waals surface area (Å²) in [6, 6.07) is 10.3. The van der Waals surface area contributed by atoms with Gasteiger partial charge in [0.2, 0.25) is 0 Å². The zero-order valence-corrected chi connectivity index (χ0v) is 13.1. The monoisotopic (exact) mass is 342 g/mol. The molecule has 0 fully saturated rings. The van der Waals surface area contributed by atoms with Gasteiger partial charge in [-0.3, -0.25) is 0 Å². The van der Waals surface area contributed by atoms with Crippen LogP contribution in [0.25, 0.3) is 0 Å². The maximum Gasteiger partial charge on any atom is 1.00 e. The minimum atomic E-state index is -2.85. The average Bonchev–Trinajstić information content (AvgIpc) is 2.39. The second-order valence-electron chi connectivity index (χ2n) is 3.08. The van der Waals surface area contributed by atoms with Crippen LogP contribution in [0, 0.1) is 21.2 Å². The molecule has 0 saturated heterocycles. The molecular weight excluding hydrogens is 335 g/mol. The van der Waals surface area contributed by atoms with Gasteiger partial charge in [0.05, 0.1) is 10.8 Å². The van der Waals surface area contributed by atoms with Crippen molar-refractivity contribution in [2.24, 2.45) is 0 Å². The first kappa shape index (κ1) is 20.4. The van der Waals surface area contributed by atoms with Crippen LogP contribution in [-0.2, 0) is 0 Å². The van der Waals surface area contributed by atoms with E-state index in [1.54, 1.807) is 36.4 Å². The Morgan fingerprint density at radius 1 is 0.762 bits per heavy atom.